The number of amides is 1. The van der Waals surface area contributed by atoms with Crippen molar-refractivity contribution in [2.45, 2.75) is 6.54 Å². The summed E-state index contributed by atoms with van der Waals surface area (Å²) in [7, 11) is 1.74. The summed E-state index contributed by atoms with van der Waals surface area (Å²) in [5, 5.41) is 3.98. The Kier molecular flexibility index (Phi) is 4.57. The third kappa shape index (κ3) is 3.51. The lowest BCUT2D eigenvalue weighted by Gasteiger charge is -2.16. The molecule has 0 aliphatic rings. The van der Waals surface area contributed by atoms with E-state index in [9.17, 15) is 4.79 Å². The van der Waals surface area contributed by atoms with Gasteiger partial charge in [-0.3, -0.25) is 4.79 Å². The highest BCUT2D eigenvalue weighted by molar-refractivity contribution is 9.10. The third-order valence-corrected chi connectivity index (χ3v) is 4.28. The van der Waals surface area contributed by atoms with Crippen LogP contribution in [0.4, 0.5) is 0 Å². The number of carbonyl (C=O) groups excluding carboxylic acids is 1. The second-order valence-electron chi connectivity index (χ2n) is 5.20. The Labute approximate surface area is 142 Å². The number of rotatable bonds is 4. The Morgan fingerprint density at radius 2 is 1.83 bits per heavy atom. The summed E-state index contributed by atoms with van der Waals surface area (Å²) in [4.78, 5) is 14.1. The van der Waals surface area contributed by atoms with Gasteiger partial charge in [0.05, 0.1) is 0 Å². The Hall–Kier alpha value is -2.40. The van der Waals surface area contributed by atoms with Gasteiger partial charge in [0.15, 0.2) is 0 Å². The molecule has 0 atom stereocenters. The van der Waals surface area contributed by atoms with Crippen LogP contribution in [0.5, 0.6) is 0 Å². The lowest BCUT2D eigenvalue weighted by molar-refractivity contribution is 0.0743. The van der Waals surface area contributed by atoms with Gasteiger partial charge in [-0.25, -0.2) is 0 Å². The molecule has 3 rings (SSSR count). The molecule has 1 heterocycles. The van der Waals surface area contributed by atoms with Crippen molar-refractivity contribution in [1.29, 1.82) is 0 Å². The summed E-state index contributed by atoms with van der Waals surface area (Å²) in [5.74, 6) is 0.0360. The number of benzene rings is 2. The molecule has 0 saturated carbocycles. The van der Waals surface area contributed by atoms with Crippen molar-refractivity contribution in [3.8, 4) is 11.3 Å². The van der Waals surface area contributed by atoms with Crippen LogP contribution < -0.4 is 0 Å². The van der Waals surface area contributed by atoms with E-state index in [0.717, 1.165) is 15.6 Å². The molecule has 2 aromatic carbocycles. The van der Waals surface area contributed by atoms with Crippen LogP contribution in [0.3, 0.4) is 0 Å². The fourth-order valence-corrected chi connectivity index (χ4v) is 2.67. The number of carbonyl (C=O) groups is 1. The SMILES string of the molecule is CN(Cc1ccccc1Br)C(=O)c1cc(-c2ccccc2)no1. The molecule has 0 radical (unpaired) electrons. The summed E-state index contributed by atoms with van der Waals surface area (Å²) in [5.41, 5.74) is 2.61. The first-order valence-electron chi connectivity index (χ1n) is 7.16. The van der Waals surface area contributed by atoms with Gasteiger partial charge in [0, 0.05) is 29.7 Å². The summed E-state index contributed by atoms with van der Waals surface area (Å²) < 4.78 is 6.19. The maximum atomic E-state index is 12.5. The van der Waals surface area contributed by atoms with Gasteiger partial charge in [0.1, 0.15) is 5.69 Å². The average Bonchev–Trinajstić information content (AvgIpc) is 3.07. The zero-order valence-corrected chi connectivity index (χ0v) is 14.2. The highest BCUT2D eigenvalue weighted by Crippen LogP contribution is 2.21. The van der Waals surface area contributed by atoms with Crippen LogP contribution in [-0.2, 0) is 6.54 Å². The van der Waals surface area contributed by atoms with E-state index in [-0.39, 0.29) is 11.7 Å². The number of hydrogen-bond acceptors (Lipinski definition) is 3. The van der Waals surface area contributed by atoms with E-state index in [1.54, 1.807) is 18.0 Å². The van der Waals surface area contributed by atoms with E-state index >= 15 is 0 Å². The largest absolute Gasteiger partial charge is 0.350 e. The van der Waals surface area contributed by atoms with E-state index in [4.69, 9.17) is 4.52 Å². The predicted octanol–water partition coefficient (Wildman–Crippen LogP) is 4.38. The maximum Gasteiger partial charge on any atom is 0.292 e. The molecule has 0 fully saturated rings. The molecule has 116 valence electrons. The van der Waals surface area contributed by atoms with Gasteiger partial charge in [-0.15, -0.1) is 0 Å². The summed E-state index contributed by atoms with van der Waals surface area (Å²) >= 11 is 3.49. The number of nitrogens with zero attached hydrogens (tertiary/aromatic N) is 2. The molecule has 1 amide bonds. The first kappa shape index (κ1) is 15.5. The smallest absolute Gasteiger partial charge is 0.292 e. The second kappa shape index (κ2) is 6.79. The summed E-state index contributed by atoms with van der Waals surface area (Å²) in [6.07, 6.45) is 0. The predicted molar refractivity (Wildman–Crippen MR) is 91.9 cm³/mol. The van der Waals surface area contributed by atoms with Gasteiger partial charge in [-0.2, -0.15) is 0 Å². The van der Waals surface area contributed by atoms with Crippen molar-refractivity contribution in [3.63, 3.8) is 0 Å². The Balaban J connectivity index is 1.76. The van der Waals surface area contributed by atoms with Crippen LogP contribution in [0.25, 0.3) is 11.3 Å². The number of aromatic nitrogens is 1. The molecule has 3 aromatic rings. The molecular formula is C18H15BrN2O2. The molecule has 0 saturated heterocycles. The topological polar surface area (TPSA) is 46.3 Å². The van der Waals surface area contributed by atoms with Crippen LogP contribution in [0.15, 0.2) is 69.7 Å². The summed E-state index contributed by atoms with van der Waals surface area (Å²) in [6, 6.07) is 19.1. The van der Waals surface area contributed by atoms with E-state index < -0.39 is 0 Å². The first-order chi connectivity index (χ1) is 11.1. The van der Waals surface area contributed by atoms with Gasteiger partial charge < -0.3 is 9.42 Å². The van der Waals surface area contributed by atoms with Crippen molar-refractivity contribution in [1.82, 2.24) is 10.1 Å². The van der Waals surface area contributed by atoms with Gasteiger partial charge in [-0.05, 0) is 11.6 Å². The van der Waals surface area contributed by atoms with Crippen LogP contribution in [0.1, 0.15) is 16.1 Å². The first-order valence-corrected chi connectivity index (χ1v) is 7.95. The minimum Gasteiger partial charge on any atom is -0.350 e. The van der Waals surface area contributed by atoms with Gasteiger partial charge in [0.2, 0.25) is 5.76 Å². The van der Waals surface area contributed by atoms with Crippen LogP contribution in [0.2, 0.25) is 0 Å². The zero-order chi connectivity index (χ0) is 16.2. The second-order valence-corrected chi connectivity index (χ2v) is 6.05. The van der Waals surface area contributed by atoms with E-state index in [1.807, 2.05) is 54.6 Å². The molecule has 0 spiro atoms. The van der Waals surface area contributed by atoms with Crippen LogP contribution in [0, 0.1) is 0 Å². The van der Waals surface area contributed by atoms with Gasteiger partial charge >= 0.3 is 0 Å². The molecule has 1 aromatic heterocycles. The minimum atomic E-state index is -0.199. The highest BCUT2D eigenvalue weighted by Gasteiger charge is 2.18. The van der Waals surface area contributed by atoms with Gasteiger partial charge in [-0.1, -0.05) is 69.6 Å². The molecule has 0 aliphatic heterocycles. The molecule has 0 unspecified atom stereocenters. The van der Waals surface area contributed by atoms with Gasteiger partial charge in [0.25, 0.3) is 5.91 Å². The maximum absolute atomic E-state index is 12.5. The van der Waals surface area contributed by atoms with Crippen molar-refractivity contribution in [2.24, 2.45) is 0 Å². The normalized spacial score (nSPS) is 10.5. The molecule has 0 bridgehead atoms. The van der Waals surface area contributed by atoms with Crippen molar-refractivity contribution in [3.05, 3.63) is 76.5 Å². The van der Waals surface area contributed by atoms with E-state index in [1.165, 1.54) is 0 Å². The Morgan fingerprint density at radius 1 is 1.13 bits per heavy atom. The highest BCUT2D eigenvalue weighted by atomic mass is 79.9. The standard InChI is InChI=1S/C18H15BrN2O2/c1-21(12-14-9-5-6-10-15(14)19)18(22)17-11-16(20-23-17)13-7-3-2-4-8-13/h2-11H,12H2,1H3. The van der Waals surface area contributed by atoms with E-state index in [2.05, 4.69) is 21.1 Å². The monoisotopic (exact) mass is 370 g/mol. The third-order valence-electron chi connectivity index (χ3n) is 3.50. The fourth-order valence-electron chi connectivity index (χ4n) is 2.26. The van der Waals surface area contributed by atoms with E-state index in [0.29, 0.717) is 12.2 Å². The Bertz CT molecular complexity index is 815. The molecule has 0 N–H and O–H groups in total. The molecule has 4 nitrogen and oxygen atoms in total. The zero-order valence-electron chi connectivity index (χ0n) is 12.6. The molecular weight excluding hydrogens is 356 g/mol. The lowest BCUT2D eigenvalue weighted by Crippen LogP contribution is -2.25. The minimum absolute atomic E-state index is 0.199. The fraction of sp³-hybridized carbons (Fsp3) is 0.111. The summed E-state index contributed by atoms with van der Waals surface area (Å²) in [6.45, 7) is 0.488. The number of halogens is 1. The molecule has 23 heavy (non-hydrogen) atoms. The van der Waals surface area contributed by atoms with Crippen molar-refractivity contribution >= 4 is 21.8 Å². The Morgan fingerprint density at radius 3 is 2.57 bits per heavy atom. The van der Waals surface area contributed by atoms with Crippen molar-refractivity contribution in [2.75, 3.05) is 7.05 Å². The lowest BCUT2D eigenvalue weighted by atomic mass is 10.1. The quantitative estimate of drug-likeness (QED) is 0.684. The van der Waals surface area contributed by atoms with Crippen molar-refractivity contribution < 1.29 is 9.32 Å². The molecule has 0 aliphatic carbocycles. The number of hydrogen-bond donors (Lipinski definition) is 0. The molecule has 5 heteroatoms. The van der Waals surface area contributed by atoms with Crippen LogP contribution in [-0.4, -0.2) is 23.0 Å². The van der Waals surface area contributed by atoms with Crippen LogP contribution >= 0.6 is 15.9 Å². The average molecular weight is 371 g/mol.